The second kappa shape index (κ2) is 9.42. The first-order valence-corrected chi connectivity index (χ1v) is 12.8. The molecular formula is C36H24O2. The summed E-state index contributed by atoms with van der Waals surface area (Å²) in [5.74, 6) is 3.15. The molecule has 0 aromatic heterocycles. The van der Waals surface area contributed by atoms with Gasteiger partial charge in [-0.05, 0) is 58.7 Å². The van der Waals surface area contributed by atoms with Crippen molar-refractivity contribution in [3.8, 4) is 67.5 Å². The summed E-state index contributed by atoms with van der Waals surface area (Å²) in [4.78, 5) is 0. The average molecular weight is 489 g/mol. The van der Waals surface area contributed by atoms with E-state index in [-0.39, 0.29) is 0 Å². The van der Waals surface area contributed by atoms with Crippen molar-refractivity contribution in [2.24, 2.45) is 0 Å². The molecule has 1 heterocycles. The Morgan fingerprint density at radius 3 is 1.37 bits per heavy atom. The molecule has 0 unspecified atom stereocenters. The summed E-state index contributed by atoms with van der Waals surface area (Å²) in [5, 5.41) is 0. The molecule has 6 aromatic rings. The van der Waals surface area contributed by atoms with Gasteiger partial charge in [-0.15, -0.1) is 0 Å². The van der Waals surface area contributed by atoms with Crippen LogP contribution in [0.1, 0.15) is 0 Å². The van der Waals surface area contributed by atoms with Crippen LogP contribution in [0.15, 0.2) is 146 Å². The molecule has 0 N–H and O–H groups in total. The SMILES string of the molecule is c1ccc(-c2ccc3c(c2)Oc2ccc(-c4ccccc4)cc2-c2ccccc2Oc2ccccc2-3)cc1. The van der Waals surface area contributed by atoms with Gasteiger partial charge in [-0.1, -0.05) is 109 Å². The van der Waals surface area contributed by atoms with Crippen LogP contribution in [0, 0.1) is 0 Å². The first-order chi connectivity index (χ1) is 18.8. The van der Waals surface area contributed by atoms with Crippen LogP contribution in [0.5, 0.6) is 23.0 Å². The van der Waals surface area contributed by atoms with Gasteiger partial charge in [-0.2, -0.15) is 0 Å². The number of benzene rings is 6. The van der Waals surface area contributed by atoms with Crippen LogP contribution < -0.4 is 9.47 Å². The van der Waals surface area contributed by atoms with Crippen molar-refractivity contribution in [2.75, 3.05) is 0 Å². The second-order valence-electron chi connectivity index (χ2n) is 9.35. The minimum Gasteiger partial charge on any atom is -0.456 e. The molecule has 0 aliphatic carbocycles. The minimum atomic E-state index is 0.784. The Labute approximate surface area is 222 Å². The molecule has 0 amide bonds. The average Bonchev–Trinajstić information content (AvgIpc) is 2.99. The number of hydrogen-bond acceptors (Lipinski definition) is 2. The summed E-state index contributed by atoms with van der Waals surface area (Å²) in [6, 6.07) is 49.9. The van der Waals surface area contributed by atoms with Crippen molar-refractivity contribution in [1.82, 2.24) is 0 Å². The van der Waals surface area contributed by atoms with Crippen LogP contribution in [-0.4, -0.2) is 0 Å². The maximum absolute atomic E-state index is 6.83. The monoisotopic (exact) mass is 488 g/mol. The molecule has 0 atom stereocenters. The van der Waals surface area contributed by atoms with Gasteiger partial charge in [0, 0.05) is 22.3 Å². The smallest absolute Gasteiger partial charge is 0.136 e. The molecule has 7 rings (SSSR count). The maximum atomic E-state index is 6.83. The van der Waals surface area contributed by atoms with E-state index in [4.69, 9.17) is 9.47 Å². The third-order valence-corrected chi connectivity index (χ3v) is 6.97. The predicted molar refractivity (Wildman–Crippen MR) is 155 cm³/mol. The first kappa shape index (κ1) is 22.1. The highest BCUT2D eigenvalue weighted by Gasteiger charge is 2.21. The van der Waals surface area contributed by atoms with Crippen LogP contribution >= 0.6 is 0 Å². The van der Waals surface area contributed by atoms with E-state index in [1.165, 1.54) is 0 Å². The van der Waals surface area contributed by atoms with E-state index in [1.807, 2.05) is 48.5 Å². The van der Waals surface area contributed by atoms with E-state index in [0.29, 0.717) is 0 Å². The van der Waals surface area contributed by atoms with E-state index in [1.54, 1.807) is 0 Å². The Balaban J connectivity index is 1.48. The highest BCUT2D eigenvalue weighted by molar-refractivity contribution is 5.85. The molecule has 2 heteroatoms. The van der Waals surface area contributed by atoms with Crippen molar-refractivity contribution in [3.05, 3.63) is 146 Å². The quantitative estimate of drug-likeness (QED) is 0.241. The van der Waals surface area contributed by atoms with E-state index >= 15 is 0 Å². The first-order valence-electron chi connectivity index (χ1n) is 12.8. The second-order valence-corrected chi connectivity index (χ2v) is 9.35. The zero-order chi connectivity index (χ0) is 25.3. The van der Waals surface area contributed by atoms with Crippen molar-refractivity contribution in [1.29, 1.82) is 0 Å². The lowest BCUT2D eigenvalue weighted by Gasteiger charge is -2.22. The fourth-order valence-corrected chi connectivity index (χ4v) is 5.07. The number of hydrogen-bond donors (Lipinski definition) is 0. The molecule has 1 aliphatic heterocycles. The maximum Gasteiger partial charge on any atom is 0.136 e. The number of para-hydroxylation sites is 2. The van der Waals surface area contributed by atoms with E-state index in [2.05, 4.69) is 97.1 Å². The molecule has 0 saturated carbocycles. The molecule has 0 saturated heterocycles. The van der Waals surface area contributed by atoms with Gasteiger partial charge in [0.1, 0.15) is 23.0 Å². The summed E-state index contributed by atoms with van der Waals surface area (Å²) in [5.41, 5.74) is 8.46. The van der Waals surface area contributed by atoms with Crippen LogP contribution in [0.25, 0.3) is 44.5 Å². The van der Waals surface area contributed by atoms with Crippen LogP contribution in [-0.2, 0) is 0 Å². The van der Waals surface area contributed by atoms with Crippen molar-refractivity contribution in [2.45, 2.75) is 0 Å². The molecule has 180 valence electrons. The number of fused-ring (bicyclic) bond motifs is 6. The molecule has 1 aliphatic rings. The van der Waals surface area contributed by atoms with Crippen molar-refractivity contribution in [3.63, 3.8) is 0 Å². The molecule has 0 spiro atoms. The largest absolute Gasteiger partial charge is 0.456 e. The molecule has 0 fully saturated rings. The zero-order valence-corrected chi connectivity index (χ0v) is 20.7. The van der Waals surface area contributed by atoms with Crippen LogP contribution in [0.2, 0.25) is 0 Å². The molecule has 0 bridgehead atoms. The van der Waals surface area contributed by atoms with Gasteiger partial charge in [0.05, 0.1) is 0 Å². The Morgan fingerprint density at radius 1 is 0.263 bits per heavy atom. The summed E-state index contributed by atoms with van der Waals surface area (Å²) < 4.78 is 13.5. The Bertz CT molecular complexity index is 1750. The van der Waals surface area contributed by atoms with E-state index in [9.17, 15) is 0 Å². The number of rotatable bonds is 2. The highest BCUT2D eigenvalue weighted by Crippen LogP contribution is 2.48. The summed E-state index contributed by atoms with van der Waals surface area (Å²) >= 11 is 0. The van der Waals surface area contributed by atoms with Gasteiger partial charge in [0.15, 0.2) is 0 Å². The molecular weight excluding hydrogens is 464 g/mol. The van der Waals surface area contributed by atoms with Crippen LogP contribution in [0.3, 0.4) is 0 Å². The number of ether oxygens (including phenoxy) is 2. The predicted octanol–water partition coefficient (Wildman–Crippen LogP) is 10.3. The minimum absolute atomic E-state index is 0.784. The molecule has 2 nitrogen and oxygen atoms in total. The van der Waals surface area contributed by atoms with Gasteiger partial charge in [0.25, 0.3) is 0 Å². The lowest BCUT2D eigenvalue weighted by atomic mass is 9.96. The van der Waals surface area contributed by atoms with Gasteiger partial charge in [0.2, 0.25) is 0 Å². The lowest BCUT2D eigenvalue weighted by molar-refractivity contribution is 0.472. The molecule has 6 aromatic carbocycles. The third kappa shape index (κ3) is 4.03. The highest BCUT2D eigenvalue weighted by atomic mass is 16.5. The fraction of sp³-hybridized carbons (Fsp3) is 0. The van der Waals surface area contributed by atoms with Gasteiger partial charge in [-0.25, -0.2) is 0 Å². The Morgan fingerprint density at radius 2 is 0.711 bits per heavy atom. The van der Waals surface area contributed by atoms with E-state index < -0.39 is 0 Å². The summed E-state index contributed by atoms with van der Waals surface area (Å²) in [7, 11) is 0. The molecule has 0 radical (unpaired) electrons. The fourth-order valence-electron chi connectivity index (χ4n) is 5.07. The van der Waals surface area contributed by atoms with Crippen molar-refractivity contribution >= 4 is 0 Å². The Kier molecular flexibility index (Phi) is 5.49. The molecule has 38 heavy (non-hydrogen) atoms. The summed E-state index contributed by atoms with van der Waals surface area (Å²) in [6.07, 6.45) is 0. The normalized spacial score (nSPS) is 11.6. The van der Waals surface area contributed by atoms with Crippen LogP contribution in [0.4, 0.5) is 0 Å². The summed E-state index contributed by atoms with van der Waals surface area (Å²) in [6.45, 7) is 0. The Hall–Kier alpha value is -5.08. The van der Waals surface area contributed by atoms with Gasteiger partial charge >= 0.3 is 0 Å². The third-order valence-electron chi connectivity index (χ3n) is 6.97. The van der Waals surface area contributed by atoms with E-state index in [0.717, 1.165) is 67.5 Å². The topological polar surface area (TPSA) is 18.5 Å². The van der Waals surface area contributed by atoms with Crippen molar-refractivity contribution < 1.29 is 9.47 Å². The van der Waals surface area contributed by atoms with Gasteiger partial charge < -0.3 is 9.47 Å². The standard InChI is InChI=1S/C36H24O2/c1-3-11-25(12-4-1)27-20-22-35-32(23-27)30-16-8-10-18-34(30)37-33-17-9-7-15-29(33)31-21-19-28(24-36(31)38-35)26-13-5-2-6-14-26/h1-24H. The zero-order valence-electron chi connectivity index (χ0n) is 20.7. The van der Waals surface area contributed by atoms with Gasteiger partial charge in [-0.3, -0.25) is 0 Å². The lowest BCUT2D eigenvalue weighted by Crippen LogP contribution is -1.98.